The molecule has 1 rings (SSSR count). The van der Waals surface area contributed by atoms with Gasteiger partial charge in [0.1, 0.15) is 12.4 Å². The van der Waals surface area contributed by atoms with E-state index in [1.165, 1.54) is 0 Å². The molecule has 3 heteroatoms. The molecule has 1 unspecified atom stereocenters. The standard InChI is InChI=1S/C11H14ClNO/c1-8(12)7-14-11-5-3-4-10(6-11)9(2)13/h3-6,9H,1,7,13H2,2H3. The predicted molar refractivity (Wildman–Crippen MR) is 59.5 cm³/mol. The Bertz CT molecular complexity index is 323. The lowest BCUT2D eigenvalue weighted by Gasteiger charge is -2.09. The second kappa shape index (κ2) is 5.03. The summed E-state index contributed by atoms with van der Waals surface area (Å²) >= 11 is 5.59. The number of ether oxygens (including phenoxy) is 1. The molecule has 76 valence electrons. The van der Waals surface area contributed by atoms with Gasteiger partial charge in [-0.3, -0.25) is 0 Å². The Morgan fingerprint density at radius 1 is 1.64 bits per heavy atom. The van der Waals surface area contributed by atoms with Gasteiger partial charge in [0, 0.05) is 11.1 Å². The van der Waals surface area contributed by atoms with Crippen molar-refractivity contribution in [1.29, 1.82) is 0 Å². The minimum Gasteiger partial charge on any atom is -0.488 e. The summed E-state index contributed by atoms with van der Waals surface area (Å²) in [5.74, 6) is 0.765. The number of hydrogen-bond donors (Lipinski definition) is 1. The van der Waals surface area contributed by atoms with Crippen LogP contribution in [-0.2, 0) is 0 Å². The van der Waals surface area contributed by atoms with Crippen molar-refractivity contribution in [2.75, 3.05) is 6.61 Å². The Morgan fingerprint density at radius 3 is 2.93 bits per heavy atom. The van der Waals surface area contributed by atoms with Crippen LogP contribution in [0.3, 0.4) is 0 Å². The van der Waals surface area contributed by atoms with Crippen LogP contribution in [0.2, 0.25) is 0 Å². The first-order valence-electron chi connectivity index (χ1n) is 4.41. The fourth-order valence-corrected chi connectivity index (χ4v) is 1.10. The van der Waals surface area contributed by atoms with Crippen LogP contribution < -0.4 is 10.5 Å². The van der Waals surface area contributed by atoms with E-state index in [0.29, 0.717) is 11.6 Å². The number of nitrogens with two attached hydrogens (primary N) is 1. The second-order valence-electron chi connectivity index (χ2n) is 3.17. The Balaban J connectivity index is 2.68. The van der Waals surface area contributed by atoms with Gasteiger partial charge in [0.2, 0.25) is 0 Å². The highest BCUT2D eigenvalue weighted by atomic mass is 35.5. The number of benzene rings is 1. The highest BCUT2D eigenvalue weighted by molar-refractivity contribution is 6.29. The van der Waals surface area contributed by atoms with Crippen molar-refractivity contribution < 1.29 is 4.74 Å². The van der Waals surface area contributed by atoms with Crippen molar-refractivity contribution in [1.82, 2.24) is 0 Å². The van der Waals surface area contributed by atoms with Gasteiger partial charge in [-0.25, -0.2) is 0 Å². The largest absolute Gasteiger partial charge is 0.488 e. The van der Waals surface area contributed by atoms with Crippen LogP contribution in [0.1, 0.15) is 18.5 Å². The molecule has 2 N–H and O–H groups in total. The SMILES string of the molecule is C=C(Cl)COc1cccc(C(C)N)c1. The van der Waals surface area contributed by atoms with Gasteiger partial charge in [-0.2, -0.15) is 0 Å². The van der Waals surface area contributed by atoms with E-state index >= 15 is 0 Å². The molecule has 0 aromatic heterocycles. The van der Waals surface area contributed by atoms with Crippen LogP contribution in [0.4, 0.5) is 0 Å². The Morgan fingerprint density at radius 2 is 2.36 bits per heavy atom. The molecule has 0 aliphatic heterocycles. The smallest absolute Gasteiger partial charge is 0.123 e. The topological polar surface area (TPSA) is 35.2 Å². The van der Waals surface area contributed by atoms with E-state index in [-0.39, 0.29) is 6.04 Å². The lowest BCUT2D eigenvalue weighted by Crippen LogP contribution is -2.05. The fraction of sp³-hybridized carbons (Fsp3) is 0.273. The molecule has 1 atom stereocenters. The normalized spacial score (nSPS) is 12.2. The van der Waals surface area contributed by atoms with Gasteiger partial charge in [0.15, 0.2) is 0 Å². The molecule has 0 aliphatic carbocycles. The third kappa shape index (κ3) is 3.40. The number of rotatable bonds is 4. The zero-order chi connectivity index (χ0) is 10.6. The van der Waals surface area contributed by atoms with Gasteiger partial charge in [0.05, 0.1) is 0 Å². The summed E-state index contributed by atoms with van der Waals surface area (Å²) in [4.78, 5) is 0. The summed E-state index contributed by atoms with van der Waals surface area (Å²) < 4.78 is 5.37. The van der Waals surface area contributed by atoms with Crippen molar-refractivity contribution >= 4 is 11.6 Å². The monoisotopic (exact) mass is 211 g/mol. The quantitative estimate of drug-likeness (QED) is 0.831. The molecule has 0 spiro atoms. The van der Waals surface area contributed by atoms with Gasteiger partial charge in [-0.15, -0.1) is 0 Å². The number of halogens is 1. The van der Waals surface area contributed by atoms with Crippen LogP contribution in [0.25, 0.3) is 0 Å². The summed E-state index contributed by atoms with van der Waals surface area (Å²) in [6.45, 7) is 5.80. The molecule has 0 amide bonds. The van der Waals surface area contributed by atoms with Crippen molar-refractivity contribution in [3.05, 3.63) is 41.4 Å². The lowest BCUT2D eigenvalue weighted by molar-refractivity contribution is 0.359. The fourth-order valence-electron chi connectivity index (χ4n) is 1.05. The Hall–Kier alpha value is -0.990. The third-order valence-corrected chi connectivity index (χ3v) is 1.89. The molecule has 0 heterocycles. The summed E-state index contributed by atoms with van der Waals surface area (Å²) in [5.41, 5.74) is 6.78. The third-order valence-electron chi connectivity index (χ3n) is 1.78. The van der Waals surface area contributed by atoms with E-state index in [2.05, 4.69) is 6.58 Å². The molecular weight excluding hydrogens is 198 g/mol. The predicted octanol–water partition coefficient (Wildman–Crippen LogP) is 2.84. The maximum absolute atomic E-state index is 5.74. The molecule has 0 radical (unpaired) electrons. The van der Waals surface area contributed by atoms with Crippen LogP contribution in [-0.4, -0.2) is 6.61 Å². The van der Waals surface area contributed by atoms with Gasteiger partial charge in [-0.1, -0.05) is 30.3 Å². The highest BCUT2D eigenvalue weighted by Gasteiger charge is 2.01. The minimum atomic E-state index is 0.0118. The van der Waals surface area contributed by atoms with Crippen molar-refractivity contribution in [2.24, 2.45) is 5.73 Å². The summed E-state index contributed by atoms with van der Waals surface area (Å²) in [6, 6.07) is 7.66. The Kier molecular flexibility index (Phi) is 3.98. The molecule has 0 fully saturated rings. The maximum Gasteiger partial charge on any atom is 0.123 e. The zero-order valence-corrected chi connectivity index (χ0v) is 8.92. The van der Waals surface area contributed by atoms with Crippen LogP contribution in [0.5, 0.6) is 5.75 Å². The van der Waals surface area contributed by atoms with Crippen molar-refractivity contribution in [3.63, 3.8) is 0 Å². The van der Waals surface area contributed by atoms with E-state index in [9.17, 15) is 0 Å². The maximum atomic E-state index is 5.74. The summed E-state index contributed by atoms with van der Waals surface area (Å²) in [5, 5.41) is 0.483. The van der Waals surface area contributed by atoms with Gasteiger partial charge >= 0.3 is 0 Å². The summed E-state index contributed by atoms with van der Waals surface area (Å²) in [7, 11) is 0. The van der Waals surface area contributed by atoms with Crippen LogP contribution in [0, 0.1) is 0 Å². The van der Waals surface area contributed by atoms with Crippen LogP contribution >= 0.6 is 11.6 Å². The van der Waals surface area contributed by atoms with E-state index in [1.54, 1.807) is 0 Å². The van der Waals surface area contributed by atoms with E-state index in [4.69, 9.17) is 22.1 Å². The summed E-state index contributed by atoms with van der Waals surface area (Å²) in [6.07, 6.45) is 0. The van der Waals surface area contributed by atoms with Gasteiger partial charge < -0.3 is 10.5 Å². The lowest BCUT2D eigenvalue weighted by atomic mass is 10.1. The average Bonchev–Trinajstić information content (AvgIpc) is 2.15. The molecule has 14 heavy (non-hydrogen) atoms. The van der Waals surface area contributed by atoms with E-state index < -0.39 is 0 Å². The van der Waals surface area contributed by atoms with E-state index in [0.717, 1.165) is 11.3 Å². The average molecular weight is 212 g/mol. The minimum absolute atomic E-state index is 0.0118. The first-order chi connectivity index (χ1) is 6.59. The van der Waals surface area contributed by atoms with Crippen molar-refractivity contribution in [3.8, 4) is 5.75 Å². The molecule has 1 aromatic carbocycles. The van der Waals surface area contributed by atoms with E-state index in [1.807, 2.05) is 31.2 Å². The van der Waals surface area contributed by atoms with Crippen molar-refractivity contribution in [2.45, 2.75) is 13.0 Å². The second-order valence-corrected chi connectivity index (χ2v) is 3.70. The molecule has 0 bridgehead atoms. The molecule has 0 saturated carbocycles. The first kappa shape index (κ1) is 11.1. The Labute approximate surface area is 89.3 Å². The van der Waals surface area contributed by atoms with Crippen LogP contribution in [0.15, 0.2) is 35.9 Å². The van der Waals surface area contributed by atoms with Gasteiger partial charge in [0.25, 0.3) is 0 Å². The molecule has 0 aliphatic rings. The highest BCUT2D eigenvalue weighted by Crippen LogP contribution is 2.18. The molecule has 1 aromatic rings. The first-order valence-corrected chi connectivity index (χ1v) is 4.79. The number of hydrogen-bond acceptors (Lipinski definition) is 2. The molecule has 2 nitrogen and oxygen atoms in total. The zero-order valence-electron chi connectivity index (χ0n) is 8.16. The molecular formula is C11H14ClNO. The molecule has 0 saturated heterocycles. The van der Waals surface area contributed by atoms with Gasteiger partial charge in [-0.05, 0) is 24.6 Å².